The number of hydrogen-bond donors (Lipinski definition) is 1. The molecule has 0 aliphatic rings. The van der Waals surface area contributed by atoms with Crippen molar-refractivity contribution in [2.75, 3.05) is 16.2 Å². The minimum absolute atomic E-state index is 0.00647. The van der Waals surface area contributed by atoms with E-state index in [2.05, 4.69) is 9.93 Å². The first-order valence-corrected chi connectivity index (χ1v) is 13.4. The fourth-order valence-electron chi connectivity index (χ4n) is 3.10. The Labute approximate surface area is 207 Å². The molecule has 8 nitrogen and oxygen atoms in total. The Morgan fingerprint density at radius 3 is 2.15 bits per heavy atom. The van der Waals surface area contributed by atoms with Crippen LogP contribution in [0.15, 0.2) is 94.9 Å². The molecule has 1 aromatic heterocycles. The molecule has 34 heavy (non-hydrogen) atoms. The SMILES string of the molecule is CN(c1cccc(Cl)c1)S(=O)(=O)c1cc(-c2ccc(Cl)cc2)n(NS(=O)(=O)c2ccccc2)n1. The predicted octanol–water partition coefficient (Wildman–Crippen LogP) is 4.61. The molecule has 0 aliphatic carbocycles. The van der Waals surface area contributed by atoms with Crippen molar-refractivity contribution in [3.05, 3.63) is 95.0 Å². The predicted molar refractivity (Wildman–Crippen MR) is 133 cm³/mol. The highest BCUT2D eigenvalue weighted by Crippen LogP contribution is 2.28. The summed E-state index contributed by atoms with van der Waals surface area (Å²) in [5.41, 5.74) is 1.02. The van der Waals surface area contributed by atoms with E-state index >= 15 is 0 Å². The van der Waals surface area contributed by atoms with Crippen molar-refractivity contribution in [2.45, 2.75) is 9.92 Å². The molecule has 0 bridgehead atoms. The Balaban J connectivity index is 1.81. The second-order valence-electron chi connectivity index (χ2n) is 7.15. The van der Waals surface area contributed by atoms with Crippen LogP contribution in [0, 0.1) is 0 Å². The lowest BCUT2D eigenvalue weighted by Gasteiger charge is -2.18. The van der Waals surface area contributed by atoms with Crippen LogP contribution in [0.5, 0.6) is 0 Å². The van der Waals surface area contributed by atoms with Crippen molar-refractivity contribution in [1.82, 2.24) is 9.89 Å². The smallest absolute Gasteiger partial charge is 0.268 e. The van der Waals surface area contributed by atoms with Crippen molar-refractivity contribution < 1.29 is 16.8 Å². The fraction of sp³-hybridized carbons (Fsp3) is 0.0455. The maximum absolute atomic E-state index is 13.3. The summed E-state index contributed by atoms with van der Waals surface area (Å²) in [6.07, 6.45) is 0. The molecule has 0 radical (unpaired) electrons. The Morgan fingerprint density at radius 1 is 0.824 bits per heavy atom. The molecule has 0 atom stereocenters. The largest absolute Gasteiger partial charge is 0.283 e. The molecule has 4 aromatic rings. The molecule has 4 rings (SSSR count). The van der Waals surface area contributed by atoms with Gasteiger partial charge < -0.3 is 0 Å². The van der Waals surface area contributed by atoms with Crippen LogP contribution in [-0.2, 0) is 20.0 Å². The molecule has 0 unspecified atom stereocenters. The molecule has 0 spiro atoms. The number of nitrogens with one attached hydrogen (secondary N) is 1. The highest BCUT2D eigenvalue weighted by Gasteiger charge is 2.28. The fourth-order valence-corrected chi connectivity index (χ4v) is 5.51. The van der Waals surface area contributed by atoms with E-state index < -0.39 is 20.0 Å². The number of sulfonamides is 2. The molecule has 0 saturated heterocycles. The van der Waals surface area contributed by atoms with Crippen molar-refractivity contribution >= 4 is 48.9 Å². The standard InChI is InChI=1S/C22H18Cl2N4O4S2/c1-27(19-7-5-6-18(24)14-19)34(31,32)22-15-21(16-10-12-17(23)13-11-16)28(25-22)26-33(29,30)20-8-3-2-4-9-20/h2-15,26H,1H3. The van der Waals surface area contributed by atoms with E-state index in [0.717, 1.165) is 9.10 Å². The van der Waals surface area contributed by atoms with E-state index in [9.17, 15) is 16.8 Å². The Hall–Kier alpha value is -3.05. The first-order chi connectivity index (χ1) is 16.1. The Kier molecular flexibility index (Phi) is 6.59. The van der Waals surface area contributed by atoms with Gasteiger partial charge in [0.05, 0.1) is 16.3 Å². The summed E-state index contributed by atoms with van der Waals surface area (Å²) in [5, 5.41) is 4.56. The highest BCUT2D eigenvalue weighted by molar-refractivity contribution is 7.93. The van der Waals surface area contributed by atoms with Crippen LogP contribution in [0.1, 0.15) is 0 Å². The number of benzene rings is 3. The molecule has 0 amide bonds. The van der Waals surface area contributed by atoms with Crippen LogP contribution in [0.4, 0.5) is 5.69 Å². The molecule has 0 aliphatic heterocycles. The maximum Gasteiger partial charge on any atom is 0.283 e. The van der Waals surface area contributed by atoms with Gasteiger partial charge in [-0.15, -0.1) is 5.10 Å². The average molecular weight is 537 g/mol. The third kappa shape index (κ3) is 4.90. The minimum Gasteiger partial charge on any atom is -0.268 e. The number of hydrogen-bond acceptors (Lipinski definition) is 5. The summed E-state index contributed by atoms with van der Waals surface area (Å²) in [6, 6.07) is 21.7. The Bertz CT molecular complexity index is 1540. The monoisotopic (exact) mass is 536 g/mol. The van der Waals surface area contributed by atoms with E-state index in [1.807, 2.05) is 0 Å². The minimum atomic E-state index is -4.16. The van der Waals surface area contributed by atoms with Gasteiger partial charge in [-0.1, -0.05) is 59.6 Å². The molecule has 1 N–H and O–H groups in total. The van der Waals surface area contributed by atoms with Crippen LogP contribution in [0.25, 0.3) is 11.3 Å². The molecule has 0 saturated carbocycles. The quantitative estimate of drug-likeness (QED) is 0.371. The van der Waals surface area contributed by atoms with Gasteiger partial charge in [0.2, 0.25) is 0 Å². The lowest BCUT2D eigenvalue weighted by molar-refractivity contribution is 0.581. The first kappa shape index (κ1) is 24.1. The number of aromatic nitrogens is 2. The van der Waals surface area contributed by atoms with Gasteiger partial charge >= 0.3 is 0 Å². The topological polar surface area (TPSA) is 101 Å². The molecule has 0 fully saturated rings. The van der Waals surface area contributed by atoms with Crippen molar-refractivity contribution in [2.24, 2.45) is 0 Å². The second kappa shape index (κ2) is 9.30. The van der Waals surface area contributed by atoms with Crippen LogP contribution >= 0.6 is 23.2 Å². The van der Waals surface area contributed by atoms with Gasteiger partial charge in [-0.05, 0) is 42.5 Å². The Morgan fingerprint density at radius 2 is 1.50 bits per heavy atom. The summed E-state index contributed by atoms with van der Waals surface area (Å²) >= 11 is 12.0. The van der Waals surface area contributed by atoms with Gasteiger partial charge in [0, 0.05) is 28.7 Å². The van der Waals surface area contributed by atoms with Gasteiger partial charge in [-0.25, -0.2) is 0 Å². The van der Waals surface area contributed by atoms with Crippen molar-refractivity contribution in [3.63, 3.8) is 0 Å². The van der Waals surface area contributed by atoms with Gasteiger partial charge in [0.1, 0.15) is 0 Å². The van der Waals surface area contributed by atoms with Gasteiger partial charge in [-0.3, -0.25) is 4.31 Å². The average Bonchev–Trinajstić information content (AvgIpc) is 3.23. The van der Waals surface area contributed by atoms with Gasteiger partial charge in [0.15, 0.2) is 5.03 Å². The lowest BCUT2D eigenvalue weighted by Crippen LogP contribution is -2.28. The summed E-state index contributed by atoms with van der Waals surface area (Å²) in [6.45, 7) is 0. The molecule has 12 heteroatoms. The van der Waals surface area contributed by atoms with E-state index in [1.54, 1.807) is 60.7 Å². The van der Waals surface area contributed by atoms with Crippen LogP contribution < -0.4 is 9.14 Å². The zero-order valence-electron chi connectivity index (χ0n) is 17.6. The van der Waals surface area contributed by atoms with E-state index in [1.165, 1.54) is 31.3 Å². The van der Waals surface area contributed by atoms with E-state index in [-0.39, 0.29) is 15.6 Å². The van der Waals surface area contributed by atoms with Crippen LogP contribution in [0.2, 0.25) is 10.0 Å². The summed E-state index contributed by atoms with van der Waals surface area (Å²) in [5.74, 6) is 0. The van der Waals surface area contributed by atoms with Crippen molar-refractivity contribution in [3.8, 4) is 11.3 Å². The van der Waals surface area contributed by atoms with Crippen LogP contribution in [-0.4, -0.2) is 33.8 Å². The molecular formula is C22H18Cl2N4O4S2. The molecular weight excluding hydrogens is 519 g/mol. The second-order valence-corrected chi connectivity index (χ2v) is 11.6. The van der Waals surface area contributed by atoms with Crippen LogP contribution in [0.3, 0.4) is 0 Å². The third-order valence-electron chi connectivity index (χ3n) is 4.88. The highest BCUT2D eigenvalue weighted by atomic mass is 35.5. The third-order valence-corrected chi connectivity index (χ3v) is 8.34. The van der Waals surface area contributed by atoms with Gasteiger partial charge in [0.25, 0.3) is 20.0 Å². The number of rotatable bonds is 7. The number of anilines is 1. The zero-order chi connectivity index (χ0) is 24.5. The molecule has 1 heterocycles. The van der Waals surface area contributed by atoms with E-state index in [4.69, 9.17) is 23.2 Å². The first-order valence-electron chi connectivity index (χ1n) is 9.76. The van der Waals surface area contributed by atoms with Crippen molar-refractivity contribution in [1.29, 1.82) is 0 Å². The molecule has 3 aromatic carbocycles. The van der Waals surface area contributed by atoms with E-state index in [0.29, 0.717) is 21.3 Å². The summed E-state index contributed by atoms with van der Waals surface area (Å²) in [4.78, 5) is 3.25. The number of nitrogens with zero attached hydrogens (tertiary/aromatic N) is 3. The summed E-state index contributed by atoms with van der Waals surface area (Å²) < 4.78 is 53.5. The molecule has 176 valence electrons. The summed E-state index contributed by atoms with van der Waals surface area (Å²) in [7, 11) is -6.87. The number of halogens is 2. The zero-order valence-corrected chi connectivity index (χ0v) is 20.8. The maximum atomic E-state index is 13.3. The van der Waals surface area contributed by atoms with Gasteiger partial charge in [-0.2, -0.15) is 26.5 Å². The lowest BCUT2D eigenvalue weighted by atomic mass is 10.2. The normalized spacial score (nSPS) is 11.9.